The Morgan fingerprint density at radius 1 is 1.36 bits per heavy atom. The lowest BCUT2D eigenvalue weighted by molar-refractivity contribution is -0.131. The number of aromatic nitrogens is 2. The highest BCUT2D eigenvalue weighted by molar-refractivity contribution is 8.00. The molecule has 1 fully saturated rings. The van der Waals surface area contributed by atoms with E-state index in [0.29, 0.717) is 13.0 Å². The zero-order valence-electron chi connectivity index (χ0n) is 14.3. The van der Waals surface area contributed by atoms with E-state index in [1.54, 1.807) is 4.90 Å². The number of fused-ring (bicyclic) bond motifs is 1. The van der Waals surface area contributed by atoms with Crippen LogP contribution in [0.25, 0.3) is 10.9 Å². The Morgan fingerprint density at radius 2 is 2.12 bits per heavy atom. The largest absolute Gasteiger partial charge is 0.338 e. The summed E-state index contributed by atoms with van der Waals surface area (Å²) >= 11 is 1.39. The summed E-state index contributed by atoms with van der Waals surface area (Å²) in [5.41, 5.74) is 0.842. The number of hydrogen-bond donors (Lipinski definition) is 0. The summed E-state index contributed by atoms with van der Waals surface area (Å²) in [6.07, 6.45) is 2.03. The van der Waals surface area contributed by atoms with Crippen LogP contribution >= 0.6 is 11.8 Å². The van der Waals surface area contributed by atoms with Crippen molar-refractivity contribution in [3.05, 3.63) is 30.6 Å². The van der Waals surface area contributed by atoms with Crippen LogP contribution in [-0.4, -0.2) is 58.5 Å². The molecular weight excluding hydrogens is 358 g/mol. The number of benzene rings is 1. The fourth-order valence-electron chi connectivity index (χ4n) is 3.14. The van der Waals surface area contributed by atoms with E-state index in [-0.39, 0.29) is 28.7 Å². The predicted molar refractivity (Wildman–Crippen MR) is 99.3 cm³/mol. The van der Waals surface area contributed by atoms with Crippen molar-refractivity contribution in [3.63, 3.8) is 0 Å². The molecule has 0 bridgehead atoms. The number of sulfone groups is 1. The van der Waals surface area contributed by atoms with Crippen molar-refractivity contribution in [1.82, 2.24) is 14.9 Å². The zero-order chi connectivity index (χ0) is 18.0. The second-order valence-electron chi connectivity index (χ2n) is 6.14. The minimum Gasteiger partial charge on any atom is -0.338 e. The highest BCUT2D eigenvalue weighted by Crippen LogP contribution is 2.29. The Bertz CT molecular complexity index is 880. The van der Waals surface area contributed by atoms with Crippen LogP contribution in [0.3, 0.4) is 0 Å². The van der Waals surface area contributed by atoms with Crippen LogP contribution in [0.2, 0.25) is 0 Å². The van der Waals surface area contributed by atoms with Crippen LogP contribution < -0.4 is 0 Å². The Balaban J connectivity index is 1.77. The molecule has 1 aromatic heterocycles. The van der Waals surface area contributed by atoms with Crippen LogP contribution in [0.15, 0.2) is 35.6 Å². The summed E-state index contributed by atoms with van der Waals surface area (Å²) in [5, 5.41) is 1.34. The molecule has 1 saturated heterocycles. The van der Waals surface area contributed by atoms with Crippen molar-refractivity contribution in [3.8, 4) is 0 Å². The van der Waals surface area contributed by atoms with Gasteiger partial charge in [-0.2, -0.15) is 0 Å². The van der Waals surface area contributed by atoms with Crippen molar-refractivity contribution in [2.75, 3.05) is 18.1 Å². The van der Waals surface area contributed by atoms with E-state index in [1.165, 1.54) is 18.1 Å². The van der Waals surface area contributed by atoms with Gasteiger partial charge in [0.25, 0.3) is 0 Å². The van der Waals surface area contributed by atoms with E-state index in [2.05, 4.69) is 9.97 Å². The van der Waals surface area contributed by atoms with Crippen molar-refractivity contribution >= 4 is 38.4 Å². The lowest BCUT2D eigenvalue weighted by Gasteiger charge is -2.29. The van der Waals surface area contributed by atoms with E-state index >= 15 is 0 Å². The van der Waals surface area contributed by atoms with Gasteiger partial charge in [-0.15, -0.1) is 0 Å². The first kappa shape index (κ1) is 18.1. The van der Waals surface area contributed by atoms with Crippen LogP contribution in [-0.2, 0) is 14.6 Å². The van der Waals surface area contributed by atoms with E-state index < -0.39 is 9.84 Å². The lowest BCUT2D eigenvalue weighted by Crippen LogP contribution is -2.44. The third-order valence-electron chi connectivity index (χ3n) is 4.42. The molecule has 1 aliphatic heterocycles. The SMILES string of the molecule is CCN(C(=O)[C@@H](C)Sc1ncnc2ccccc12)[C@H]1CCS(=O)(=O)C1. The second-order valence-corrected chi connectivity index (χ2v) is 9.70. The highest BCUT2D eigenvalue weighted by Gasteiger charge is 2.35. The van der Waals surface area contributed by atoms with Crippen molar-refractivity contribution in [2.45, 2.75) is 36.6 Å². The number of carbonyl (C=O) groups excluding carboxylic acids is 1. The van der Waals surface area contributed by atoms with Gasteiger partial charge in [-0.05, 0) is 26.3 Å². The number of amides is 1. The molecular formula is C17H21N3O3S2. The fraction of sp³-hybridized carbons (Fsp3) is 0.471. The van der Waals surface area contributed by atoms with E-state index in [4.69, 9.17) is 0 Å². The molecule has 6 nitrogen and oxygen atoms in total. The van der Waals surface area contributed by atoms with Crippen LogP contribution in [0.4, 0.5) is 0 Å². The first-order valence-electron chi connectivity index (χ1n) is 8.28. The summed E-state index contributed by atoms with van der Waals surface area (Å²) in [4.78, 5) is 23.1. The molecule has 1 aromatic carbocycles. The van der Waals surface area contributed by atoms with Gasteiger partial charge in [-0.3, -0.25) is 4.79 Å². The van der Waals surface area contributed by atoms with Gasteiger partial charge in [0, 0.05) is 18.0 Å². The minimum absolute atomic E-state index is 0.0442. The number of rotatable bonds is 5. The summed E-state index contributed by atoms with van der Waals surface area (Å²) in [7, 11) is -3.02. The smallest absolute Gasteiger partial charge is 0.236 e. The second kappa shape index (κ2) is 7.29. The first-order valence-corrected chi connectivity index (χ1v) is 11.0. The average molecular weight is 380 g/mol. The number of hydrogen-bond acceptors (Lipinski definition) is 6. The monoisotopic (exact) mass is 379 g/mol. The molecule has 0 N–H and O–H groups in total. The topological polar surface area (TPSA) is 80.2 Å². The van der Waals surface area contributed by atoms with E-state index in [0.717, 1.165) is 15.9 Å². The summed E-state index contributed by atoms with van der Waals surface area (Å²) in [5.74, 6) is 0.192. The van der Waals surface area contributed by atoms with Crippen LogP contribution in [0, 0.1) is 0 Å². The molecule has 0 saturated carbocycles. The number of thioether (sulfide) groups is 1. The van der Waals surface area contributed by atoms with Gasteiger partial charge in [0.1, 0.15) is 11.4 Å². The Labute approximate surface area is 152 Å². The van der Waals surface area contributed by atoms with Gasteiger partial charge in [0.2, 0.25) is 5.91 Å². The quantitative estimate of drug-likeness (QED) is 0.585. The molecule has 0 unspecified atom stereocenters. The molecule has 134 valence electrons. The molecule has 1 amide bonds. The van der Waals surface area contributed by atoms with Gasteiger partial charge in [-0.25, -0.2) is 18.4 Å². The molecule has 8 heteroatoms. The predicted octanol–water partition coefficient (Wildman–Crippen LogP) is 2.15. The van der Waals surface area contributed by atoms with E-state index in [1.807, 2.05) is 38.1 Å². The molecule has 2 aromatic rings. The minimum atomic E-state index is -3.02. The summed E-state index contributed by atoms with van der Waals surface area (Å²) < 4.78 is 23.5. The first-order chi connectivity index (χ1) is 11.9. The molecule has 25 heavy (non-hydrogen) atoms. The summed E-state index contributed by atoms with van der Waals surface area (Å²) in [6.45, 7) is 4.24. The Morgan fingerprint density at radius 3 is 2.80 bits per heavy atom. The normalized spacial score (nSPS) is 20.5. The van der Waals surface area contributed by atoms with Crippen LogP contribution in [0.5, 0.6) is 0 Å². The standard InChI is InChI=1S/C17H21N3O3S2/c1-3-20(13-8-9-25(22,23)10-13)17(21)12(2)24-16-14-6-4-5-7-15(14)18-11-19-16/h4-7,11-13H,3,8-10H2,1-2H3/t12-,13+/m1/s1. The Hall–Kier alpha value is -1.67. The maximum absolute atomic E-state index is 12.9. The third-order valence-corrected chi connectivity index (χ3v) is 7.27. The van der Waals surface area contributed by atoms with Gasteiger partial charge >= 0.3 is 0 Å². The zero-order valence-corrected chi connectivity index (χ0v) is 15.9. The molecule has 2 heterocycles. The van der Waals surface area contributed by atoms with Crippen molar-refractivity contribution in [1.29, 1.82) is 0 Å². The average Bonchev–Trinajstić information content (AvgIpc) is 2.95. The number of carbonyl (C=O) groups is 1. The van der Waals surface area contributed by atoms with Gasteiger partial charge < -0.3 is 4.90 Å². The fourth-order valence-corrected chi connectivity index (χ4v) is 5.85. The van der Waals surface area contributed by atoms with Gasteiger partial charge in [-0.1, -0.05) is 30.0 Å². The Kier molecular flexibility index (Phi) is 5.29. The highest BCUT2D eigenvalue weighted by atomic mass is 32.2. The van der Waals surface area contributed by atoms with Crippen LogP contribution in [0.1, 0.15) is 20.3 Å². The van der Waals surface area contributed by atoms with E-state index in [9.17, 15) is 13.2 Å². The maximum atomic E-state index is 12.9. The van der Waals surface area contributed by atoms with Crippen molar-refractivity contribution in [2.24, 2.45) is 0 Å². The number of para-hydroxylation sites is 1. The van der Waals surface area contributed by atoms with Gasteiger partial charge in [0.15, 0.2) is 9.84 Å². The summed E-state index contributed by atoms with van der Waals surface area (Å²) in [6, 6.07) is 7.47. The number of nitrogens with zero attached hydrogens (tertiary/aromatic N) is 3. The maximum Gasteiger partial charge on any atom is 0.236 e. The third kappa shape index (κ3) is 3.95. The lowest BCUT2D eigenvalue weighted by atomic mass is 10.2. The molecule has 2 atom stereocenters. The molecule has 3 rings (SSSR count). The van der Waals surface area contributed by atoms with Crippen molar-refractivity contribution < 1.29 is 13.2 Å². The van der Waals surface area contributed by atoms with Gasteiger partial charge in [0.05, 0.1) is 22.3 Å². The molecule has 1 aliphatic rings. The molecule has 0 aliphatic carbocycles. The molecule has 0 spiro atoms. The molecule has 0 radical (unpaired) electrons.